The fourth-order valence-corrected chi connectivity index (χ4v) is 2.11. The molecule has 0 aliphatic carbocycles. The fraction of sp³-hybridized carbons (Fsp3) is 0.176. The number of carbonyl (C=O) groups is 1. The minimum Gasteiger partial charge on any atom is -0.352 e. The number of para-hydroxylation sites is 1. The SMILES string of the molecule is CCCNC(=O)c1ccc(-c2nnn(-c3ccccc3)n2)cc1. The lowest BCUT2D eigenvalue weighted by Crippen LogP contribution is -2.23. The smallest absolute Gasteiger partial charge is 0.251 e. The van der Waals surface area contributed by atoms with Gasteiger partial charge in [-0.05, 0) is 35.9 Å². The largest absolute Gasteiger partial charge is 0.352 e. The van der Waals surface area contributed by atoms with E-state index in [1.165, 1.54) is 4.80 Å². The second-order valence-corrected chi connectivity index (χ2v) is 5.07. The summed E-state index contributed by atoms with van der Waals surface area (Å²) in [4.78, 5) is 13.4. The number of carbonyl (C=O) groups excluding carboxylic acids is 1. The van der Waals surface area contributed by atoms with Crippen LogP contribution in [-0.2, 0) is 0 Å². The molecule has 0 unspecified atom stereocenters. The van der Waals surface area contributed by atoms with Gasteiger partial charge in [-0.15, -0.1) is 15.0 Å². The highest BCUT2D eigenvalue weighted by atomic mass is 16.1. The lowest BCUT2D eigenvalue weighted by atomic mass is 10.1. The van der Waals surface area contributed by atoms with Crippen LogP contribution in [0.25, 0.3) is 17.1 Å². The number of nitrogens with zero attached hydrogens (tertiary/aromatic N) is 4. The monoisotopic (exact) mass is 307 g/mol. The van der Waals surface area contributed by atoms with E-state index in [0.29, 0.717) is 17.9 Å². The van der Waals surface area contributed by atoms with E-state index in [1.807, 2.05) is 49.4 Å². The molecule has 3 aromatic rings. The molecule has 0 radical (unpaired) electrons. The Morgan fingerprint density at radius 1 is 1.09 bits per heavy atom. The van der Waals surface area contributed by atoms with Gasteiger partial charge >= 0.3 is 0 Å². The Balaban J connectivity index is 1.78. The summed E-state index contributed by atoms with van der Waals surface area (Å²) >= 11 is 0. The average molecular weight is 307 g/mol. The number of amides is 1. The van der Waals surface area contributed by atoms with Gasteiger partial charge in [0.05, 0.1) is 5.69 Å². The van der Waals surface area contributed by atoms with Crippen molar-refractivity contribution in [2.24, 2.45) is 0 Å². The summed E-state index contributed by atoms with van der Waals surface area (Å²) in [6, 6.07) is 16.8. The first-order valence-electron chi connectivity index (χ1n) is 7.52. The van der Waals surface area contributed by atoms with Gasteiger partial charge in [0.2, 0.25) is 5.82 Å². The molecule has 1 aromatic heterocycles. The molecule has 1 amide bonds. The maximum atomic E-state index is 11.9. The van der Waals surface area contributed by atoms with Crippen LogP contribution in [0.2, 0.25) is 0 Å². The van der Waals surface area contributed by atoms with Crippen LogP contribution in [0, 0.1) is 0 Å². The molecule has 0 saturated carbocycles. The molecule has 23 heavy (non-hydrogen) atoms. The standard InChI is InChI=1S/C17H17N5O/c1-2-12-18-17(23)14-10-8-13(9-11-14)16-19-21-22(20-16)15-6-4-3-5-7-15/h3-11H,2,12H2,1H3,(H,18,23). The predicted molar refractivity (Wildman–Crippen MR) is 87.2 cm³/mol. The third-order valence-electron chi connectivity index (χ3n) is 3.34. The van der Waals surface area contributed by atoms with Crippen LogP contribution in [0.5, 0.6) is 0 Å². The highest BCUT2D eigenvalue weighted by Gasteiger charge is 2.09. The van der Waals surface area contributed by atoms with Gasteiger partial charge in [0.25, 0.3) is 5.91 Å². The molecular weight excluding hydrogens is 290 g/mol. The molecule has 0 bridgehead atoms. The normalized spacial score (nSPS) is 10.5. The quantitative estimate of drug-likeness (QED) is 0.786. The molecular formula is C17H17N5O. The zero-order chi connectivity index (χ0) is 16.1. The van der Waals surface area contributed by atoms with Crippen molar-refractivity contribution in [1.82, 2.24) is 25.5 Å². The van der Waals surface area contributed by atoms with Crippen molar-refractivity contribution in [3.05, 3.63) is 60.2 Å². The number of rotatable bonds is 5. The summed E-state index contributed by atoms with van der Waals surface area (Å²) in [6.45, 7) is 2.69. The molecule has 6 nitrogen and oxygen atoms in total. The summed E-state index contributed by atoms with van der Waals surface area (Å²) in [6.07, 6.45) is 0.913. The Labute approximate surface area is 134 Å². The van der Waals surface area contributed by atoms with E-state index in [2.05, 4.69) is 20.7 Å². The van der Waals surface area contributed by atoms with Crippen molar-refractivity contribution < 1.29 is 4.79 Å². The van der Waals surface area contributed by atoms with Gasteiger partial charge in [0, 0.05) is 17.7 Å². The molecule has 1 heterocycles. The summed E-state index contributed by atoms with van der Waals surface area (Å²) in [5.74, 6) is 0.452. The Bertz CT molecular complexity index is 780. The molecule has 0 saturated heterocycles. The highest BCUT2D eigenvalue weighted by Crippen LogP contribution is 2.15. The van der Waals surface area contributed by atoms with E-state index < -0.39 is 0 Å². The Kier molecular flexibility index (Phi) is 4.42. The molecule has 6 heteroatoms. The van der Waals surface area contributed by atoms with Crippen LogP contribution in [0.3, 0.4) is 0 Å². The van der Waals surface area contributed by atoms with E-state index in [-0.39, 0.29) is 5.91 Å². The number of tetrazole rings is 1. The molecule has 2 aromatic carbocycles. The Morgan fingerprint density at radius 2 is 1.83 bits per heavy atom. The van der Waals surface area contributed by atoms with Gasteiger partial charge < -0.3 is 5.32 Å². The number of aromatic nitrogens is 4. The molecule has 0 aliphatic heterocycles. The van der Waals surface area contributed by atoms with Gasteiger partial charge in [-0.2, -0.15) is 0 Å². The second kappa shape index (κ2) is 6.83. The minimum atomic E-state index is -0.0701. The zero-order valence-electron chi connectivity index (χ0n) is 12.8. The lowest BCUT2D eigenvalue weighted by Gasteiger charge is -2.03. The van der Waals surface area contributed by atoms with E-state index in [4.69, 9.17) is 0 Å². The zero-order valence-corrected chi connectivity index (χ0v) is 12.8. The van der Waals surface area contributed by atoms with E-state index >= 15 is 0 Å². The van der Waals surface area contributed by atoms with Gasteiger partial charge in [-0.3, -0.25) is 4.79 Å². The number of benzene rings is 2. The first-order chi connectivity index (χ1) is 11.3. The summed E-state index contributed by atoms with van der Waals surface area (Å²) < 4.78 is 0. The first kappa shape index (κ1) is 14.9. The Morgan fingerprint density at radius 3 is 2.52 bits per heavy atom. The van der Waals surface area contributed by atoms with E-state index in [0.717, 1.165) is 17.7 Å². The van der Waals surface area contributed by atoms with Crippen LogP contribution in [0.1, 0.15) is 23.7 Å². The number of hydrogen-bond donors (Lipinski definition) is 1. The summed E-state index contributed by atoms with van der Waals surface area (Å²) in [5, 5.41) is 15.3. The first-order valence-corrected chi connectivity index (χ1v) is 7.52. The molecule has 0 spiro atoms. The van der Waals surface area contributed by atoms with Crippen LogP contribution in [0.15, 0.2) is 54.6 Å². The van der Waals surface area contributed by atoms with Gasteiger partial charge in [0.1, 0.15) is 0 Å². The summed E-state index contributed by atoms with van der Waals surface area (Å²) in [5.41, 5.74) is 2.29. The van der Waals surface area contributed by atoms with Crippen molar-refractivity contribution in [3.8, 4) is 17.1 Å². The molecule has 0 fully saturated rings. The maximum Gasteiger partial charge on any atom is 0.251 e. The third-order valence-corrected chi connectivity index (χ3v) is 3.34. The topological polar surface area (TPSA) is 72.7 Å². The van der Waals surface area contributed by atoms with Crippen molar-refractivity contribution in [1.29, 1.82) is 0 Å². The van der Waals surface area contributed by atoms with Crippen molar-refractivity contribution in [2.75, 3.05) is 6.54 Å². The maximum absolute atomic E-state index is 11.9. The van der Waals surface area contributed by atoms with Crippen molar-refractivity contribution >= 4 is 5.91 Å². The minimum absolute atomic E-state index is 0.0701. The van der Waals surface area contributed by atoms with E-state index in [9.17, 15) is 4.79 Å². The molecule has 1 N–H and O–H groups in total. The fourth-order valence-electron chi connectivity index (χ4n) is 2.11. The van der Waals surface area contributed by atoms with Gasteiger partial charge in [-0.25, -0.2) is 0 Å². The molecule has 0 atom stereocenters. The van der Waals surface area contributed by atoms with Gasteiger partial charge in [-0.1, -0.05) is 37.3 Å². The van der Waals surface area contributed by atoms with Crippen LogP contribution >= 0.6 is 0 Å². The summed E-state index contributed by atoms with van der Waals surface area (Å²) in [7, 11) is 0. The van der Waals surface area contributed by atoms with Crippen LogP contribution < -0.4 is 5.32 Å². The second-order valence-electron chi connectivity index (χ2n) is 5.07. The number of hydrogen-bond acceptors (Lipinski definition) is 4. The lowest BCUT2D eigenvalue weighted by molar-refractivity contribution is 0.0953. The Hall–Kier alpha value is -3.02. The molecule has 116 valence electrons. The van der Waals surface area contributed by atoms with Crippen LogP contribution in [-0.4, -0.2) is 32.7 Å². The highest BCUT2D eigenvalue weighted by molar-refractivity contribution is 5.94. The van der Waals surface area contributed by atoms with Gasteiger partial charge in [0.15, 0.2) is 0 Å². The molecule has 3 rings (SSSR count). The number of nitrogens with one attached hydrogen (secondary N) is 1. The molecule has 0 aliphatic rings. The van der Waals surface area contributed by atoms with Crippen LogP contribution in [0.4, 0.5) is 0 Å². The average Bonchev–Trinajstić information content (AvgIpc) is 3.11. The van der Waals surface area contributed by atoms with Crippen molar-refractivity contribution in [3.63, 3.8) is 0 Å². The van der Waals surface area contributed by atoms with E-state index in [1.54, 1.807) is 12.1 Å². The predicted octanol–water partition coefficient (Wildman–Crippen LogP) is 2.47. The third kappa shape index (κ3) is 3.42. The van der Waals surface area contributed by atoms with Crippen molar-refractivity contribution in [2.45, 2.75) is 13.3 Å².